The molecule has 8 nitrogen and oxygen atoms in total. The molecule has 0 aliphatic rings. The van der Waals surface area contributed by atoms with E-state index in [9.17, 15) is 14.4 Å². The van der Waals surface area contributed by atoms with Crippen molar-refractivity contribution in [3.63, 3.8) is 0 Å². The lowest BCUT2D eigenvalue weighted by molar-refractivity contribution is -0.123. The van der Waals surface area contributed by atoms with Crippen LogP contribution < -0.4 is 21.3 Å². The van der Waals surface area contributed by atoms with Gasteiger partial charge in [-0.2, -0.15) is 0 Å². The second-order valence-corrected chi connectivity index (χ2v) is 11.1. The van der Waals surface area contributed by atoms with Crippen LogP contribution in [0.15, 0.2) is 115 Å². The first-order valence-electron chi connectivity index (χ1n) is 16.0. The number of unbranched alkanes of at least 4 members (excludes halogenated alkanes) is 1. The molecule has 0 spiro atoms. The van der Waals surface area contributed by atoms with Crippen LogP contribution in [0.4, 0.5) is 15.3 Å². The molecule has 8 heteroatoms. The number of carbonyl (C=O) groups is 3. The van der Waals surface area contributed by atoms with E-state index in [0.717, 1.165) is 17.7 Å². The van der Waals surface area contributed by atoms with Gasteiger partial charge in [0.1, 0.15) is 12.6 Å². The van der Waals surface area contributed by atoms with E-state index >= 15 is 0 Å². The number of hydrogen-bond donors (Lipinski definition) is 4. The molecular weight excluding hydrogens is 576 g/mol. The highest BCUT2D eigenvalue weighted by atomic mass is 16.5. The summed E-state index contributed by atoms with van der Waals surface area (Å²) in [4.78, 5) is 38.4. The molecule has 0 heterocycles. The summed E-state index contributed by atoms with van der Waals surface area (Å²) in [6, 6.07) is 36.5. The maximum atomic E-state index is 13.4. The van der Waals surface area contributed by atoms with E-state index in [1.165, 1.54) is 16.7 Å². The Hall–Kier alpha value is -5.11. The number of anilines is 1. The van der Waals surface area contributed by atoms with Crippen molar-refractivity contribution in [3.8, 4) is 0 Å². The number of alkyl carbamates (subject to hydrolysis) is 1. The molecule has 0 saturated heterocycles. The van der Waals surface area contributed by atoms with E-state index in [1.807, 2.05) is 91.0 Å². The van der Waals surface area contributed by atoms with Gasteiger partial charge < -0.3 is 26.0 Å². The minimum absolute atomic E-state index is 0.108. The highest BCUT2D eigenvalue weighted by Gasteiger charge is 2.22. The zero-order valence-corrected chi connectivity index (χ0v) is 26.4. The number of rotatable bonds is 16. The molecule has 1 atom stereocenters. The van der Waals surface area contributed by atoms with Gasteiger partial charge in [-0.3, -0.25) is 4.79 Å². The van der Waals surface area contributed by atoms with E-state index in [0.29, 0.717) is 38.8 Å². The molecule has 4 amide bonds. The monoisotopic (exact) mass is 620 g/mol. The van der Waals surface area contributed by atoms with Crippen LogP contribution in [-0.2, 0) is 22.6 Å². The fourth-order valence-electron chi connectivity index (χ4n) is 5.21. The van der Waals surface area contributed by atoms with Crippen LogP contribution in [0.3, 0.4) is 0 Å². The van der Waals surface area contributed by atoms with E-state index in [1.54, 1.807) is 0 Å². The number of ether oxygens (including phenoxy) is 1. The summed E-state index contributed by atoms with van der Waals surface area (Å²) < 4.78 is 5.40. The normalized spacial score (nSPS) is 11.3. The van der Waals surface area contributed by atoms with Gasteiger partial charge >= 0.3 is 12.1 Å². The van der Waals surface area contributed by atoms with Gasteiger partial charge in [-0.25, -0.2) is 9.59 Å². The van der Waals surface area contributed by atoms with Crippen LogP contribution >= 0.6 is 0 Å². The van der Waals surface area contributed by atoms with Crippen LogP contribution in [0.25, 0.3) is 0 Å². The first-order chi connectivity index (χ1) is 22.5. The van der Waals surface area contributed by atoms with Crippen LogP contribution in [0, 0.1) is 0 Å². The predicted octanol–water partition coefficient (Wildman–Crippen LogP) is 7.17. The Bertz CT molecular complexity index is 1440. The van der Waals surface area contributed by atoms with Crippen molar-refractivity contribution in [1.82, 2.24) is 16.0 Å². The lowest BCUT2D eigenvalue weighted by Gasteiger charge is -2.21. The molecule has 240 valence electrons. The van der Waals surface area contributed by atoms with Crippen molar-refractivity contribution in [3.05, 3.63) is 138 Å². The van der Waals surface area contributed by atoms with Gasteiger partial charge in [-0.05, 0) is 66.5 Å². The van der Waals surface area contributed by atoms with E-state index < -0.39 is 12.1 Å². The van der Waals surface area contributed by atoms with Gasteiger partial charge in [-0.1, -0.05) is 110 Å². The van der Waals surface area contributed by atoms with Crippen molar-refractivity contribution >= 4 is 23.7 Å². The number of urea groups is 1. The molecule has 0 aliphatic heterocycles. The molecule has 4 N–H and O–H groups in total. The van der Waals surface area contributed by atoms with Crippen molar-refractivity contribution < 1.29 is 19.1 Å². The summed E-state index contributed by atoms with van der Waals surface area (Å²) in [7, 11) is 0. The van der Waals surface area contributed by atoms with Gasteiger partial charge in [0.15, 0.2) is 0 Å². The first kappa shape index (κ1) is 33.8. The molecule has 4 aromatic rings. The SMILES string of the molecule is CCc1ccc(NC(=O)NCCCCC(NC(=O)OCc2ccccc2)C(=O)NCCC(c2ccccc2)c2ccccc2)cc1. The topological polar surface area (TPSA) is 109 Å². The molecule has 46 heavy (non-hydrogen) atoms. The molecule has 1 unspecified atom stereocenters. The van der Waals surface area contributed by atoms with Gasteiger partial charge in [0.05, 0.1) is 0 Å². The quantitative estimate of drug-likeness (QED) is 0.0996. The molecule has 4 aromatic carbocycles. The Labute approximate surface area is 272 Å². The lowest BCUT2D eigenvalue weighted by Crippen LogP contribution is -2.47. The van der Waals surface area contributed by atoms with Crippen LogP contribution in [0.5, 0.6) is 0 Å². The zero-order valence-electron chi connectivity index (χ0n) is 26.4. The van der Waals surface area contributed by atoms with E-state index in [4.69, 9.17) is 4.74 Å². The van der Waals surface area contributed by atoms with Crippen LogP contribution in [-0.4, -0.2) is 37.2 Å². The Morgan fingerprint density at radius 2 is 1.26 bits per heavy atom. The molecule has 0 fully saturated rings. The number of carbonyl (C=O) groups excluding carboxylic acids is 3. The Morgan fingerprint density at radius 1 is 0.652 bits per heavy atom. The van der Waals surface area contributed by atoms with Crippen molar-refractivity contribution in [1.29, 1.82) is 0 Å². The zero-order chi connectivity index (χ0) is 32.4. The minimum atomic E-state index is -0.777. The predicted molar refractivity (Wildman–Crippen MR) is 183 cm³/mol. The van der Waals surface area contributed by atoms with Crippen molar-refractivity contribution in [2.75, 3.05) is 18.4 Å². The smallest absolute Gasteiger partial charge is 0.408 e. The lowest BCUT2D eigenvalue weighted by atomic mass is 9.88. The second-order valence-electron chi connectivity index (χ2n) is 11.1. The summed E-state index contributed by atoms with van der Waals surface area (Å²) in [6.07, 6.45) is 2.63. The standard InChI is InChI=1S/C38H44N4O4/c1-2-29-21-23-33(24-22-29)41-37(44)40-26-13-12-20-35(42-38(45)46-28-30-14-6-3-7-15-30)36(43)39-27-25-34(31-16-8-4-9-17-31)32-18-10-5-11-19-32/h3-11,14-19,21-24,34-35H,2,12-13,20,25-28H2,1H3,(H,39,43)(H,42,45)(H2,40,41,44). The Kier molecular flexibility index (Phi) is 13.7. The molecule has 4 rings (SSSR count). The van der Waals surface area contributed by atoms with Crippen molar-refractivity contribution in [2.45, 2.75) is 57.6 Å². The Balaban J connectivity index is 1.28. The number of benzene rings is 4. The van der Waals surface area contributed by atoms with Crippen molar-refractivity contribution in [2.24, 2.45) is 0 Å². The van der Waals surface area contributed by atoms with Crippen LogP contribution in [0.2, 0.25) is 0 Å². The number of aryl methyl sites for hydroxylation is 1. The van der Waals surface area contributed by atoms with Gasteiger partial charge in [0.2, 0.25) is 5.91 Å². The molecule has 0 aromatic heterocycles. The molecule has 0 bridgehead atoms. The highest BCUT2D eigenvalue weighted by molar-refractivity contribution is 5.89. The van der Waals surface area contributed by atoms with E-state index in [-0.39, 0.29) is 24.5 Å². The van der Waals surface area contributed by atoms with E-state index in [2.05, 4.69) is 52.5 Å². The molecule has 0 saturated carbocycles. The maximum absolute atomic E-state index is 13.4. The van der Waals surface area contributed by atoms with Gasteiger partial charge in [0, 0.05) is 24.7 Å². The number of amides is 4. The third-order valence-corrected chi connectivity index (χ3v) is 7.78. The number of nitrogens with one attached hydrogen (secondary N) is 4. The van der Waals surface area contributed by atoms with Gasteiger partial charge in [-0.15, -0.1) is 0 Å². The fraction of sp³-hybridized carbons (Fsp3) is 0.289. The van der Waals surface area contributed by atoms with Gasteiger partial charge in [0.25, 0.3) is 0 Å². The number of hydrogen-bond acceptors (Lipinski definition) is 4. The van der Waals surface area contributed by atoms with Crippen LogP contribution in [0.1, 0.15) is 60.8 Å². The summed E-state index contributed by atoms with van der Waals surface area (Å²) in [5.41, 5.74) is 5.14. The average molecular weight is 621 g/mol. The first-order valence-corrected chi connectivity index (χ1v) is 16.0. The summed E-state index contributed by atoms with van der Waals surface area (Å²) in [5.74, 6) is -0.149. The highest BCUT2D eigenvalue weighted by Crippen LogP contribution is 2.27. The molecule has 0 radical (unpaired) electrons. The maximum Gasteiger partial charge on any atom is 0.408 e. The third kappa shape index (κ3) is 11.4. The summed E-state index contributed by atoms with van der Waals surface area (Å²) in [5, 5.41) is 11.5. The molecule has 0 aliphatic carbocycles. The summed E-state index contributed by atoms with van der Waals surface area (Å²) >= 11 is 0. The summed E-state index contributed by atoms with van der Waals surface area (Å²) in [6.45, 7) is 3.06. The third-order valence-electron chi connectivity index (χ3n) is 7.78. The largest absolute Gasteiger partial charge is 0.445 e. The minimum Gasteiger partial charge on any atom is -0.445 e. The fourth-order valence-corrected chi connectivity index (χ4v) is 5.21. The second kappa shape index (κ2) is 18.6. The molecular formula is C38H44N4O4. The average Bonchev–Trinajstić information content (AvgIpc) is 3.10. The Morgan fingerprint density at radius 3 is 1.87 bits per heavy atom.